The summed E-state index contributed by atoms with van der Waals surface area (Å²) in [6.45, 7) is 6.16. The maximum Gasteiger partial charge on any atom is 0.323 e. The lowest BCUT2D eigenvalue weighted by atomic mass is 10.2. The molecule has 1 saturated heterocycles. The fourth-order valence-electron chi connectivity index (χ4n) is 2.08. The molecule has 1 aromatic heterocycles. The van der Waals surface area contributed by atoms with Crippen LogP contribution in [0.2, 0.25) is 0 Å². The summed E-state index contributed by atoms with van der Waals surface area (Å²) in [5.74, 6) is 0.973. The van der Waals surface area contributed by atoms with Crippen molar-refractivity contribution in [2.45, 2.75) is 25.1 Å². The van der Waals surface area contributed by atoms with Crippen molar-refractivity contribution in [3.63, 3.8) is 0 Å². The van der Waals surface area contributed by atoms with Gasteiger partial charge in [-0.3, -0.25) is 9.69 Å². The molecule has 1 aliphatic heterocycles. The Hall–Kier alpha value is -0.520. The van der Waals surface area contributed by atoms with Crippen LogP contribution in [-0.2, 0) is 9.53 Å². The second kappa shape index (κ2) is 6.59. The number of ether oxygens (including phenoxy) is 1. The van der Waals surface area contributed by atoms with Gasteiger partial charge in [-0.25, -0.2) is 0 Å². The van der Waals surface area contributed by atoms with Gasteiger partial charge in [0.05, 0.1) is 11.9 Å². The van der Waals surface area contributed by atoms with Gasteiger partial charge in [0.25, 0.3) is 0 Å². The Kier molecular flexibility index (Phi) is 5.09. The zero-order chi connectivity index (χ0) is 13.0. The Morgan fingerprint density at radius 2 is 2.50 bits per heavy atom. The maximum absolute atomic E-state index is 11.8. The molecule has 0 aliphatic carbocycles. The van der Waals surface area contributed by atoms with E-state index in [1.54, 1.807) is 11.3 Å². The summed E-state index contributed by atoms with van der Waals surface area (Å²) >= 11 is 3.78. The second-order valence-electron chi connectivity index (χ2n) is 4.30. The molecule has 2 atom stereocenters. The monoisotopic (exact) mass is 285 g/mol. The molecule has 1 aliphatic rings. The van der Waals surface area contributed by atoms with Gasteiger partial charge < -0.3 is 4.74 Å². The SMILES string of the molecule is CCOC(=O)C(C)N1CCSC(c2cccs2)C1. The van der Waals surface area contributed by atoms with E-state index in [4.69, 9.17) is 4.74 Å². The van der Waals surface area contributed by atoms with Crippen molar-refractivity contribution in [3.05, 3.63) is 22.4 Å². The van der Waals surface area contributed by atoms with Gasteiger partial charge in [0.15, 0.2) is 0 Å². The van der Waals surface area contributed by atoms with Crippen LogP contribution in [0.4, 0.5) is 0 Å². The average molecular weight is 285 g/mol. The number of thioether (sulfide) groups is 1. The first-order valence-corrected chi connectivity index (χ1v) is 8.21. The van der Waals surface area contributed by atoms with Gasteiger partial charge in [-0.2, -0.15) is 11.8 Å². The highest BCUT2D eigenvalue weighted by Crippen LogP contribution is 2.36. The first-order chi connectivity index (χ1) is 8.72. The van der Waals surface area contributed by atoms with E-state index in [9.17, 15) is 4.79 Å². The van der Waals surface area contributed by atoms with Crippen molar-refractivity contribution < 1.29 is 9.53 Å². The first kappa shape index (κ1) is 13.9. The minimum Gasteiger partial charge on any atom is -0.465 e. The Bertz CT molecular complexity index is 380. The molecule has 100 valence electrons. The standard InChI is InChI=1S/C13H19NO2S2/c1-3-16-13(15)10(2)14-6-8-18-12(9-14)11-5-4-7-17-11/h4-5,7,10,12H,3,6,8-9H2,1-2H3. The van der Waals surface area contributed by atoms with Crippen molar-refractivity contribution >= 4 is 29.1 Å². The molecule has 0 N–H and O–H groups in total. The lowest BCUT2D eigenvalue weighted by Crippen LogP contribution is -2.45. The van der Waals surface area contributed by atoms with Crippen LogP contribution in [-0.4, -0.2) is 42.4 Å². The molecule has 0 aromatic carbocycles. The fraction of sp³-hybridized carbons (Fsp3) is 0.615. The molecule has 3 nitrogen and oxygen atoms in total. The van der Waals surface area contributed by atoms with Crippen LogP contribution in [0.15, 0.2) is 17.5 Å². The topological polar surface area (TPSA) is 29.5 Å². The zero-order valence-corrected chi connectivity index (χ0v) is 12.4. The number of thiophene rings is 1. The minimum absolute atomic E-state index is 0.102. The molecule has 1 aromatic rings. The Balaban J connectivity index is 1.96. The first-order valence-electron chi connectivity index (χ1n) is 6.28. The molecule has 2 heterocycles. The average Bonchev–Trinajstić information content (AvgIpc) is 2.92. The minimum atomic E-state index is -0.131. The third-order valence-corrected chi connectivity index (χ3v) is 5.49. The molecule has 0 bridgehead atoms. The van der Waals surface area contributed by atoms with Gasteiger partial charge >= 0.3 is 5.97 Å². The Morgan fingerprint density at radius 3 is 3.17 bits per heavy atom. The number of hydrogen-bond donors (Lipinski definition) is 0. The van der Waals surface area contributed by atoms with E-state index < -0.39 is 0 Å². The number of esters is 1. The summed E-state index contributed by atoms with van der Waals surface area (Å²) in [6, 6.07) is 4.14. The number of carbonyl (C=O) groups is 1. The molecule has 2 rings (SSSR count). The van der Waals surface area contributed by atoms with E-state index in [2.05, 4.69) is 22.4 Å². The summed E-state index contributed by atoms with van der Waals surface area (Å²) in [6.07, 6.45) is 0. The smallest absolute Gasteiger partial charge is 0.323 e. The van der Waals surface area contributed by atoms with E-state index in [0.717, 1.165) is 18.8 Å². The van der Waals surface area contributed by atoms with Gasteiger partial charge in [-0.05, 0) is 25.3 Å². The molecule has 5 heteroatoms. The van der Waals surface area contributed by atoms with Crippen LogP contribution in [0.5, 0.6) is 0 Å². The summed E-state index contributed by atoms with van der Waals surface area (Å²) < 4.78 is 5.10. The number of nitrogens with zero attached hydrogens (tertiary/aromatic N) is 1. The van der Waals surface area contributed by atoms with E-state index in [1.165, 1.54) is 4.88 Å². The highest BCUT2D eigenvalue weighted by atomic mass is 32.2. The molecule has 0 amide bonds. The summed E-state index contributed by atoms with van der Waals surface area (Å²) in [5, 5.41) is 2.61. The Labute approximate surface area is 117 Å². The fourth-order valence-corrected chi connectivity index (χ4v) is 4.31. The number of rotatable bonds is 4. The second-order valence-corrected chi connectivity index (χ2v) is 6.59. The molecule has 0 spiro atoms. The van der Waals surface area contributed by atoms with Gasteiger partial charge in [-0.15, -0.1) is 11.3 Å². The van der Waals surface area contributed by atoms with E-state index >= 15 is 0 Å². The van der Waals surface area contributed by atoms with Crippen LogP contribution < -0.4 is 0 Å². The quantitative estimate of drug-likeness (QED) is 0.796. The van der Waals surface area contributed by atoms with Gasteiger partial charge in [0, 0.05) is 23.7 Å². The molecule has 18 heavy (non-hydrogen) atoms. The predicted octanol–water partition coefficient (Wildman–Crippen LogP) is 2.79. The largest absolute Gasteiger partial charge is 0.465 e. The lowest BCUT2D eigenvalue weighted by Gasteiger charge is -2.34. The van der Waals surface area contributed by atoms with Gasteiger partial charge in [-0.1, -0.05) is 6.07 Å². The van der Waals surface area contributed by atoms with Crippen molar-refractivity contribution in [2.24, 2.45) is 0 Å². The molecule has 2 unspecified atom stereocenters. The van der Waals surface area contributed by atoms with Crippen LogP contribution in [0.25, 0.3) is 0 Å². The molecular formula is C13H19NO2S2. The van der Waals surface area contributed by atoms with Gasteiger partial charge in [0.2, 0.25) is 0 Å². The number of carbonyl (C=O) groups excluding carboxylic acids is 1. The predicted molar refractivity (Wildman–Crippen MR) is 77.2 cm³/mol. The van der Waals surface area contributed by atoms with Crippen molar-refractivity contribution in [1.29, 1.82) is 0 Å². The van der Waals surface area contributed by atoms with Crippen LogP contribution >= 0.6 is 23.1 Å². The van der Waals surface area contributed by atoms with Crippen LogP contribution in [0.1, 0.15) is 24.0 Å². The molecular weight excluding hydrogens is 266 g/mol. The van der Waals surface area contributed by atoms with E-state index in [-0.39, 0.29) is 12.0 Å². The summed E-state index contributed by atoms with van der Waals surface area (Å²) in [7, 11) is 0. The summed E-state index contributed by atoms with van der Waals surface area (Å²) in [5.41, 5.74) is 0. The third-order valence-electron chi connectivity index (χ3n) is 3.13. The maximum atomic E-state index is 11.8. The zero-order valence-electron chi connectivity index (χ0n) is 10.8. The van der Waals surface area contributed by atoms with Crippen molar-refractivity contribution in [2.75, 3.05) is 25.4 Å². The van der Waals surface area contributed by atoms with E-state index in [1.807, 2.05) is 25.6 Å². The number of hydrogen-bond acceptors (Lipinski definition) is 5. The van der Waals surface area contributed by atoms with Crippen molar-refractivity contribution in [1.82, 2.24) is 4.90 Å². The summed E-state index contributed by atoms with van der Waals surface area (Å²) in [4.78, 5) is 15.4. The van der Waals surface area contributed by atoms with E-state index in [0.29, 0.717) is 11.9 Å². The highest BCUT2D eigenvalue weighted by molar-refractivity contribution is 7.99. The normalized spacial score (nSPS) is 22.7. The Morgan fingerprint density at radius 1 is 1.67 bits per heavy atom. The molecule has 1 fully saturated rings. The highest BCUT2D eigenvalue weighted by Gasteiger charge is 2.29. The molecule has 0 saturated carbocycles. The van der Waals surface area contributed by atoms with Crippen LogP contribution in [0, 0.1) is 0 Å². The van der Waals surface area contributed by atoms with Crippen LogP contribution in [0.3, 0.4) is 0 Å². The lowest BCUT2D eigenvalue weighted by molar-refractivity contribution is -0.148. The molecule has 0 radical (unpaired) electrons. The third kappa shape index (κ3) is 3.28. The van der Waals surface area contributed by atoms with Gasteiger partial charge in [0.1, 0.15) is 6.04 Å². The van der Waals surface area contributed by atoms with Crippen molar-refractivity contribution in [3.8, 4) is 0 Å².